The van der Waals surface area contributed by atoms with Crippen LogP contribution in [-0.4, -0.2) is 33.5 Å². The maximum absolute atomic E-state index is 8.33. The predicted octanol–water partition coefficient (Wildman–Crippen LogP) is -2.72. The molecule has 0 radical (unpaired) electrons. The van der Waals surface area contributed by atoms with Gasteiger partial charge in [0.2, 0.25) is 0 Å². The SMILES string of the molecule is O=C([O-])[O-].[H+].[Pb+4]. The van der Waals surface area contributed by atoms with Crippen molar-refractivity contribution < 1.29 is 16.4 Å². The molecule has 0 heterocycles. The summed E-state index contributed by atoms with van der Waals surface area (Å²) in [5, 5.41) is 16.7. The molecular formula is CHO3Pb+3. The van der Waals surface area contributed by atoms with Crippen molar-refractivity contribution in [3.05, 3.63) is 0 Å². The molecule has 0 aromatic rings. The van der Waals surface area contributed by atoms with E-state index >= 15 is 0 Å². The van der Waals surface area contributed by atoms with E-state index in [1.165, 1.54) is 0 Å². The molecule has 0 aliphatic carbocycles. The molecule has 0 rings (SSSR count). The Bertz CT molecular complexity index is 33.8. The van der Waals surface area contributed by atoms with Crippen LogP contribution >= 0.6 is 0 Å². The maximum Gasteiger partial charge on any atom is 4.00 e. The quantitative estimate of drug-likeness (QED) is 0.449. The Morgan fingerprint density at radius 3 is 1.60 bits per heavy atom. The monoisotopic (exact) mass is 269 g/mol. The Kier molecular flexibility index (Phi) is 7.51. The number of hydrogen-bond acceptors (Lipinski definition) is 3. The van der Waals surface area contributed by atoms with Crippen molar-refractivity contribution in [2.45, 2.75) is 0 Å². The summed E-state index contributed by atoms with van der Waals surface area (Å²) in [6.45, 7) is 0. The summed E-state index contributed by atoms with van der Waals surface area (Å²) >= 11 is 0. The van der Waals surface area contributed by atoms with Gasteiger partial charge in [0, 0.05) is 0 Å². The van der Waals surface area contributed by atoms with E-state index in [2.05, 4.69) is 0 Å². The average Bonchev–Trinajstić information content (AvgIpc) is 0.811. The Hall–Kier alpha value is 0.192. The van der Waals surface area contributed by atoms with Gasteiger partial charge in [-0.1, -0.05) is 0 Å². The second-order valence-electron chi connectivity index (χ2n) is 0.250. The molecule has 0 fully saturated rings. The molecule has 0 aromatic heterocycles. The van der Waals surface area contributed by atoms with Gasteiger partial charge in [-0.3, -0.25) is 0 Å². The molecule has 0 N–H and O–H groups in total. The molecule has 0 saturated carbocycles. The van der Waals surface area contributed by atoms with Crippen molar-refractivity contribution in [3.8, 4) is 0 Å². The number of carboxylic acid groups (broad SMARTS) is 2. The molecule has 0 aliphatic heterocycles. The summed E-state index contributed by atoms with van der Waals surface area (Å²) in [4.78, 5) is 8.33. The normalized spacial score (nSPS) is 4.80. The predicted molar refractivity (Wildman–Crippen MR) is 12.3 cm³/mol. The summed E-state index contributed by atoms with van der Waals surface area (Å²) in [5.74, 6) is 0. The van der Waals surface area contributed by atoms with Gasteiger partial charge in [-0.2, -0.15) is 0 Å². The third-order valence-corrected chi connectivity index (χ3v) is 0. The van der Waals surface area contributed by atoms with Crippen molar-refractivity contribution in [3.63, 3.8) is 0 Å². The zero-order chi connectivity index (χ0) is 3.58. The van der Waals surface area contributed by atoms with Gasteiger partial charge in [-0.25, -0.2) is 0 Å². The first-order valence-electron chi connectivity index (χ1n) is 0.612. The Morgan fingerprint density at radius 2 is 1.60 bits per heavy atom. The van der Waals surface area contributed by atoms with E-state index in [9.17, 15) is 0 Å². The van der Waals surface area contributed by atoms with E-state index in [1.54, 1.807) is 0 Å². The van der Waals surface area contributed by atoms with Crippen LogP contribution in [-0.2, 0) is 0 Å². The molecule has 0 saturated heterocycles. The summed E-state index contributed by atoms with van der Waals surface area (Å²) in [6, 6.07) is 0. The van der Waals surface area contributed by atoms with E-state index in [4.69, 9.17) is 15.0 Å². The number of hydrogen-bond donors (Lipinski definition) is 0. The second kappa shape index (κ2) is 4.19. The third kappa shape index (κ3) is 546. The van der Waals surface area contributed by atoms with E-state index in [1.807, 2.05) is 0 Å². The summed E-state index contributed by atoms with van der Waals surface area (Å²) in [7, 11) is 0. The van der Waals surface area contributed by atoms with Crippen LogP contribution in [0.1, 0.15) is 1.43 Å². The van der Waals surface area contributed by atoms with Crippen LogP contribution in [0.4, 0.5) is 4.79 Å². The molecule has 4 heteroatoms. The largest absolute Gasteiger partial charge is 4.00 e. The molecule has 5 heavy (non-hydrogen) atoms. The minimum atomic E-state index is -2.33. The Morgan fingerprint density at radius 1 is 1.60 bits per heavy atom. The first-order valence-corrected chi connectivity index (χ1v) is 0.612. The van der Waals surface area contributed by atoms with Crippen LogP contribution in [0, 0.1) is 0 Å². The minimum Gasteiger partial charge on any atom is -0.652 e. The number of carbonyl (C=O) groups excluding carboxylic acids is 1. The van der Waals surface area contributed by atoms with Crippen LogP contribution in [0.25, 0.3) is 0 Å². The standard InChI is InChI=1S/CH2O3.Pb/c2-1(3)4;/h(H2,2,3,4);/q;+4/p-1. The molecule has 0 atom stereocenters. The molecule has 0 aromatic carbocycles. The van der Waals surface area contributed by atoms with Gasteiger partial charge in [0.25, 0.3) is 0 Å². The average molecular weight is 268 g/mol. The Labute approximate surface area is 50.3 Å². The first kappa shape index (κ1) is 8.95. The fourth-order valence-corrected chi connectivity index (χ4v) is 0. The van der Waals surface area contributed by atoms with Crippen LogP contribution in [0.2, 0.25) is 0 Å². The molecule has 0 amide bonds. The summed E-state index contributed by atoms with van der Waals surface area (Å²) < 4.78 is 0. The topological polar surface area (TPSA) is 63.2 Å². The van der Waals surface area contributed by atoms with Crippen LogP contribution in [0.5, 0.6) is 0 Å². The van der Waals surface area contributed by atoms with Gasteiger partial charge in [-0.05, 0) is 6.16 Å². The summed E-state index contributed by atoms with van der Waals surface area (Å²) in [6.07, 6.45) is -2.33. The van der Waals surface area contributed by atoms with Gasteiger partial charge in [0.15, 0.2) is 0 Å². The van der Waals surface area contributed by atoms with Crippen molar-refractivity contribution in [2.24, 2.45) is 0 Å². The molecule has 0 aliphatic rings. The number of rotatable bonds is 0. The first-order chi connectivity index (χ1) is 1.73. The fraction of sp³-hybridized carbons (Fsp3) is 0. The van der Waals surface area contributed by atoms with Crippen molar-refractivity contribution >= 4 is 33.5 Å². The van der Waals surface area contributed by atoms with Crippen molar-refractivity contribution in [1.82, 2.24) is 0 Å². The van der Waals surface area contributed by atoms with E-state index in [0.29, 0.717) is 0 Å². The Balaban J connectivity index is -0.0000000450. The maximum atomic E-state index is 8.33. The second-order valence-corrected chi connectivity index (χ2v) is 0.250. The summed E-state index contributed by atoms with van der Waals surface area (Å²) in [5.41, 5.74) is 0. The molecule has 0 bridgehead atoms. The van der Waals surface area contributed by atoms with Gasteiger partial charge < -0.3 is 15.0 Å². The van der Waals surface area contributed by atoms with E-state index < -0.39 is 6.16 Å². The van der Waals surface area contributed by atoms with Gasteiger partial charge >= 0.3 is 28.7 Å². The van der Waals surface area contributed by atoms with Gasteiger partial charge in [0.05, 0.1) is 0 Å². The van der Waals surface area contributed by atoms with Crippen LogP contribution in [0.15, 0.2) is 0 Å². The molecular weight excluding hydrogens is 267 g/mol. The third-order valence-electron chi connectivity index (χ3n) is 0. The zero-order valence-corrected chi connectivity index (χ0v) is 6.11. The molecule has 3 nitrogen and oxygen atoms in total. The fourth-order valence-electron chi connectivity index (χ4n) is 0. The van der Waals surface area contributed by atoms with E-state index in [0.717, 1.165) is 0 Å². The van der Waals surface area contributed by atoms with Gasteiger partial charge in [0.1, 0.15) is 0 Å². The smallest absolute Gasteiger partial charge is 0.652 e. The minimum absolute atomic E-state index is 0. The van der Waals surface area contributed by atoms with Crippen molar-refractivity contribution in [2.75, 3.05) is 0 Å². The van der Waals surface area contributed by atoms with Gasteiger partial charge in [-0.15, -0.1) is 0 Å². The molecule has 24 valence electrons. The zero-order valence-electron chi connectivity index (χ0n) is 3.22. The molecule has 0 spiro atoms. The van der Waals surface area contributed by atoms with E-state index in [-0.39, 0.29) is 28.7 Å². The number of carbonyl (C=O) groups is 1. The van der Waals surface area contributed by atoms with Crippen LogP contribution in [0.3, 0.4) is 0 Å². The molecule has 0 unspecified atom stereocenters. The van der Waals surface area contributed by atoms with Crippen molar-refractivity contribution in [1.29, 1.82) is 0 Å². The van der Waals surface area contributed by atoms with Crippen LogP contribution < -0.4 is 10.2 Å².